The molecular weight excluding hydrogens is 372 g/mol. The molecule has 0 spiro atoms. The molecule has 9 heteroatoms. The summed E-state index contributed by atoms with van der Waals surface area (Å²) in [5.41, 5.74) is 1.34. The lowest BCUT2D eigenvalue weighted by molar-refractivity contribution is -0.385. The van der Waals surface area contributed by atoms with E-state index in [-0.39, 0.29) is 23.2 Å². The zero-order chi connectivity index (χ0) is 20.0. The quantitative estimate of drug-likeness (QED) is 0.319. The lowest BCUT2D eigenvalue weighted by Gasteiger charge is -2.11. The maximum absolute atomic E-state index is 12.7. The van der Waals surface area contributed by atoms with Crippen molar-refractivity contribution >= 4 is 27.4 Å². The van der Waals surface area contributed by atoms with Gasteiger partial charge in [-0.3, -0.25) is 19.6 Å². The Morgan fingerprint density at radius 3 is 2.63 bits per heavy atom. The van der Waals surface area contributed by atoms with E-state index in [0.717, 1.165) is 11.6 Å². The Morgan fingerprint density at radius 1 is 1.22 bits per heavy atom. The second kappa shape index (κ2) is 8.63. The average molecular weight is 392 g/mol. The number of nitrogens with one attached hydrogen (secondary N) is 1. The van der Waals surface area contributed by atoms with Gasteiger partial charge < -0.3 is 4.74 Å². The number of nitro groups is 1. The number of rotatable bonds is 8. The van der Waals surface area contributed by atoms with Crippen LogP contribution in [0.2, 0.25) is 0 Å². The molecule has 1 N–H and O–H groups in total. The molecule has 0 radical (unpaired) electrons. The van der Waals surface area contributed by atoms with E-state index in [1.807, 2.05) is 6.07 Å². The van der Waals surface area contributed by atoms with Crippen LogP contribution in [0.15, 0.2) is 47.4 Å². The van der Waals surface area contributed by atoms with Crippen molar-refractivity contribution in [2.45, 2.75) is 31.6 Å². The maximum atomic E-state index is 12.7. The van der Waals surface area contributed by atoms with Crippen molar-refractivity contribution < 1.29 is 22.9 Å². The number of carbonyl (C=O) groups is 1. The van der Waals surface area contributed by atoms with E-state index in [2.05, 4.69) is 4.72 Å². The van der Waals surface area contributed by atoms with Crippen molar-refractivity contribution in [1.82, 2.24) is 0 Å². The zero-order valence-corrected chi connectivity index (χ0v) is 15.8. The van der Waals surface area contributed by atoms with Gasteiger partial charge >= 0.3 is 5.97 Å². The van der Waals surface area contributed by atoms with Gasteiger partial charge in [0, 0.05) is 24.7 Å². The van der Waals surface area contributed by atoms with Crippen molar-refractivity contribution in [3.63, 3.8) is 0 Å². The SMILES string of the molecule is CC(=O)OCCCc1cccc(NS(=O)(=O)c2cc([N+](=O)[O-])ccc2C)c1. The van der Waals surface area contributed by atoms with Crippen LogP contribution in [0.3, 0.4) is 0 Å². The van der Waals surface area contributed by atoms with Crippen LogP contribution in [0.4, 0.5) is 11.4 Å². The Balaban J connectivity index is 2.16. The summed E-state index contributed by atoms with van der Waals surface area (Å²) in [6.07, 6.45) is 1.22. The van der Waals surface area contributed by atoms with Crippen molar-refractivity contribution in [2.24, 2.45) is 0 Å². The van der Waals surface area contributed by atoms with Crippen LogP contribution in [0.1, 0.15) is 24.5 Å². The monoisotopic (exact) mass is 392 g/mol. The van der Waals surface area contributed by atoms with Crippen molar-refractivity contribution in [1.29, 1.82) is 0 Å². The molecule has 0 unspecified atom stereocenters. The molecule has 0 heterocycles. The molecule has 2 aromatic rings. The largest absolute Gasteiger partial charge is 0.466 e. The van der Waals surface area contributed by atoms with E-state index < -0.39 is 14.9 Å². The molecule has 0 aliphatic carbocycles. The van der Waals surface area contributed by atoms with Gasteiger partial charge in [0.05, 0.1) is 16.4 Å². The fourth-order valence-electron chi connectivity index (χ4n) is 2.48. The van der Waals surface area contributed by atoms with Crippen molar-refractivity contribution in [3.8, 4) is 0 Å². The fraction of sp³-hybridized carbons (Fsp3) is 0.278. The van der Waals surface area contributed by atoms with Crippen LogP contribution in [0.5, 0.6) is 0 Å². The molecule has 0 atom stereocenters. The van der Waals surface area contributed by atoms with Gasteiger partial charge in [-0.1, -0.05) is 18.2 Å². The number of anilines is 1. The molecule has 2 rings (SSSR count). The molecule has 0 saturated carbocycles. The van der Waals surface area contributed by atoms with E-state index >= 15 is 0 Å². The Labute approximate surface area is 157 Å². The lowest BCUT2D eigenvalue weighted by atomic mass is 10.1. The average Bonchev–Trinajstić information content (AvgIpc) is 2.58. The number of nitro benzene ring substituents is 1. The Morgan fingerprint density at radius 2 is 1.96 bits per heavy atom. The Hall–Kier alpha value is -2.94. The van der Waals surface area contributed by atoms with E-state index in [9.17, 15) is 23.3 Å². The highest BCUT2D eigenvalue weighted by Crippen LogP contribution is 2.24. The number of carbonyl (C=O) groups excluding carboxylic acids is 1. The highest BCUT2D eigenvalue weighted by atomic mass is 32.2. The molecule has 0 saturated heterocycles. The van der Waals surface area contributed by atoms with Crippen LogP contribution in [-0.2, 0) is 26.0 Å². The summed E-state index contributed by atoms with van der Waals surface area (Å²) < 4.78 is 32.6. The first-order chi connectivity index (χ1) is 12.7. The predicted molar refractivity (Wildman–Crippen MR) is 100 cm³/mol. The van der Waals surface area contributed by atoms with Crippen molar-refractivity contribution in [2.75, 3.05) is 11.3 Å². The van der Waals surface area contributed by atoms with Gasteiger partial charge in [-0.25, -0.2) is 8.42 Å². The van der Waals surface area contributed by atoms with Gasteiger partial charge in [-0.15, -0.1) is 0 Å². The van der Waals surface area contributed by atoms with Gasteiger partial charge in [0.1, 0.15) is 0 Å². The van der Waals surface area contributed by atoms with Gasteiger partial charge in [-0.2, -0.15) is 0 Å². The van der Waals surface area contributed by atoms with Gasteiger partial charge in [0.2, 0.25) is 0 Å². The van der Waals surface area contributed by atoms with Gasteiger partial charge in [0.25, 0.3) is 15.7 Å². The Bertz CT molecular complexity index is 956. The molecule has 144 valence electrons. The van der Waals surface area contributed by atoms with E-state index in [0.29, 0.717) is 24.1 Å². The second-order valence-corrected chi connectivity index (χ2v) is 7.61. The van der Waals surface area contributed by atoms with Gasteiger partial charge in [-0.05, 0) is 43.0 Å². The summed E-state index contributed by atoms with van der Waals surface area (Å²) in [4.78, 5) is 20.9. The minimum atomic E-state index is -3.98. The summed E-state index contributed by atoms with van der Waals surface area (Å²) in [7, 11) is -3.98. The number of non-ortho nitro benzene ring substituents is 1. The summed E-state index contributed by atoms with van der Waals surface area (Å²) in [6.45, 7) is 3.20. The van der Waals surface area contributed by atoms with Crippen LogP contribution in [0.25, 0.3) is 0 Å². The smallest absolute Gasteiger partial charge is 0.302 e. The minimum absolute atomic E-state index is 0.142. The third kappa shape index (κ3) is 5.78. The fourth-order valence-corrected chi connectivity index (χ4v) is 3.80. The zero-order valence-electron chi connectivity index (χ0n) is 15.0. The summed E-state index contributed by atoms with van der Waals surface area (Å²) >= 11 is 0. The number of aryl methyl sites for hydroxylation is 2. The van der Waals surface area contributed by atoms with Crippen LogP contribution in [-0.4, -0.2) is 25.9 Å². The summed E-state index contributed by atoms with van der Waals surface area (Å²) in [6, 6.07) is 10.5. The number of ether oxygens (including phenoxy) is 1. The third-order valence-electron chi connectivity index (χ3n) is 3.77. The molecule has 0 bridgehead atoms. The number of nitrogens with zero attached hydrogens (tertiary/aromatic N) is 1. The minimum Gasteiger partial charge on any atom is -0.466 e. The number of hydrogen-bond acceptors (Lipinski definition) is 6. The molecule has 0 aromatic heterocycles. The first-order valence-corrected chi connectivity index (χ1v) is 9.67. The molecule has 8 nitrogen and oxygen atoms in total. The molecule has 2 aromatic carbocycles. The van der Waals surface area contributed by atoms with E-state index in [1.165, 1.54) is 19.1 Å². The molecular formula is C18H20N2O6S. The van der Waals surface area contributed by atoms with Crippen LogP contribution >= 0.6 is 0 Å². The first-order valence-electron chi connectivity index (χ1n) is 8.19. The third-order valence-corrected chi connectivity index (χ3v) is 5.29. The highest BCUT2D eigenvalue weighted by Gasteiger charge is 2.20. The molecule has 0 aliphatic heterocycles. The highest BCUT2D eigenvalue weighted by molar-refractivity contribution is 7.92. The molecule has 0 fully saturated rings. The van der Waals surface area contributed by atoms with Crippen LogP contribution in [0, 0.1) is 17.0 Å². The standard InChI is InChI=1S/C18H20N2O6S/c1-13-8-9-17(20(22)23)12-18(13)27(24,25)19-16-7-3-5-15(11-16)6-4-10-26-14(2)21/h3,5,7-9,11-12,19H,4,6,10H2,1-2H3. The number of benzene rings is 2. The maximum Gasteiger partial charge on any atom is 0.302 e. The van der Waals surface area contributed by atoms with E-state index in [1.54, 1.807) is 25.1 Å². The van der Waals surface area contributed by atoms with Crippen LogP contribution < -0.4 is 4.72 Å². The van der Waals surface area contributed by atoms with E-state index in [4.69, 9.17) is 4.74 Å². The normalized spacial score (nSPS) is 11.0. The number of sulfonamides is 1. The summed E-state index contributed by atoms with van der Waals surface area (Å²) in [5, 5.41) is 10.9. The van der Waals surface area contributed by atoms with Gasteiger partial charge in [0.15, 0.2) is 0 Å². The Kier molecular flexibility index (Phi) is 6.51. The number of hydrogen-bond donors (Lipinski definition) is 1. The summed E-state index contributed by atoms with van der Waals surface area (Å²) in [5.74, 6) is -0.344. The molecule has 27 heavy (non-hydrogen) atoms. The number of esters is 1. The second-order valence-electron chi connectivity index (χ2n) is 5.96. The molecule has 0 aliphatic rings. The topological polar surface area (TPSA) is 116 Å². The van der Waals surface area contributed by atoms with Crippen molar-refractivity contribution in [3.05, 3.63) is 63.7 Å². The predicted octanol–water partition coefficient (Wildman–Crippen LogP) is 3.20. The first kappa shape index (κ1) is 20.4. The molecule has 0 amide bonds. The lowest BCUT2D eigenvalue weighted by Crippen LogP contribution is -2.14.